The lowest BCUT2D eigenvalue weighted by Gasteiger charge is -2.41. The van der Waals surface area contributed by atoms with Gasteiger partial charge in [-0.2, -0.15) is 0 Å². The van der Waals surface area contributed by atoms with Crippen molar-refractivity contribution in [2.24, 2.45) is 0 Å². The van der Waals surface area contributed by atoms with Crippen LogP contribution in [0, 0.1) is 0 Å². The molecule has 0 aliphatic carbocycles. The molecular formula is C16H21ClN2O2. The highest BCUT2D eigenvalue weighted by Crippen LogP contribution is 2.28. The van der Waals surface area contributed by atoms with E-state index < -0.39 is 5.97 Å². The highest BCUT2D eigenvalue weighted by Gasteiger charge is 2.24. The first-order valence-electron chi connectivity index (χ1n) is 7.17. The van der Waals surface area contributed by atoms with E-state index in [2.05, 4.69) is 23.8 Å². The number of carbonyl (C=O) groups is 1. The number of likely N-dealkylation sites (N-methyl/N-ethyl adjacent to an activating group) is 1. The second kappa shape index (κ2) is 6.96. The molecule has 1 aromatic carbocycles. The van der Waals surface area contributed by atoms with Gasteiger partial charge in [-0.1, -0.05) is 24.6 Å². The number of aliphatic carboxylic acids is 1. The van der Waals surface area contributed by atoms with Crippen LogP contribution in [0.3, 0.4) is 0 Å². The minimum Gasteiger partial charge on any atom is -0.478 e. The van der Waals surface area contributed by atoms with Gasteiger partial charge in [0.05, 0.1) is 0 Å². The Morgan fingerprint density at radius 3 is 2.90 bits per heavy atom. The molecule has 21 heavy (non-hydrogen) atoms. The third-order valence-electron chi connectivity index (χ3n) is 3.99. The maximum absolute atomic E-state index is 10.7. The molecule has 1 heterocycles. The Kier molecular flexibility index (Phi) is 5.26. The zero-order chi connectivity index (χ0) is 15.4. The zero-order valence-corrected chi connectivity index (χ0v) is 13.2. The van der Waals surface area contributed by atoms with E-state index in [1.54, 1.807) is 12.1 Å². The molecular weight excluding hydrogens is 288 g/mol. The Morgan fingerprint density at radius 1 is 1.48 bits per heavy atom. The number of hydrogen-bond acceptors (Lipinski definition) is 3. The molecule has 0 spiro atoms. The first-order valence-corrected chi connectivity index (χ1v) is 7.54. The van der Waals surface area contributed by atoms with Crippen molar-refractivity contribution >= 4 is 29.3 Å². The van der Waals surface area contributed by atoms with Gasteiger partial charge in [0.1, 0.15) is 0 Å². The van der Waals surface area contributed by atoms with Crippen LogP contribution < -0.4 is 4.90 Å². The number of carboxylic acids is 1. The number of hydrogen-bond donors (Lipinski definition) is 1. The van der Waals surface area contributed by atoms with Gasteiger partial charge in [0.15, 0.2) is 0 Å². The summed E-state index contributed by atoms with van der Waals surface area (Å²) in [5.41, 5.74) is 1.90. The largest absolute Gasteiger partial charge is 0.478 e. The van der Waals surface area contributed by atoms with Crippen molar-refractivity contribution in [2.45, 2.75) is 19.4 Å². The Balaban J connectivity index is 2.29. The number of carboxylic acid groups (broad SMARTS) is 1. The molecule has 0 bridgehead atoms. The van der Waals surface area contributed by atoms with E-state index >= 15 is 0 Å². The van der Waals surface area contributed by atoms with Crippen LogP contribution in [0.5, 0.6) is 0 Å². The molecule has 4 nitrogen and oxygen atoms in total. The molecule has 1 saturated heterocycles. The first-order chi connectivity index (χ1) is 10.0. The molecule has 0 amide bonds. The number of halogens is 1. The molecule has 1 atom stereocenters. The average Bonchev–Trinajstić information content (AvgIpc) is 2.46. The van der Waals surface area contributed by atoms with Crippen LogP contribution in [-0.4, -0.2) is 48.7 Å². The van der Waals surface area contributed by atoms with Gasteiger partial charge in [0.2, 0.25) is 0 Å². The zero-order valence-electron chi connectivity index (χ0n) is 12.4. The summed E-state index contributed by atoms with van der Waals surface area (Å²) < 4.78 is 0. The van der Waals surface area contributed by atoms with Gasteiger partial charge < -0.3 is 10.0 Å². The average molecular weight is 309 g/mol. The van der Waals surface area contributed by atoms with Crippen molar-refractivity contribution in [3.05, 3.63) is 34.9 Å². The van der Waals surface area contributed by atoms with Gasteiger partial charge in [-0.3, -0.25) is 4.90 Å². The summed E-state index contributed by atoms with van der Waals surface area (Å²) in [5.74, 6) is -0.944. The maximum Gasteiger partial charge on any atom is 0.328 e. The predicted molar refractivity (Wildman–Crippen MR) is 87.0 cm³/mol. The molecule has 0 radical (unpaired) electrons. The lowest BCUT2D eigenvalue weighted by atomic mass is 10.1. The van der Waals surface area contributed by atoms with Gasteiger partial charge in [-0.05, 0) is 37.2 Å². The molecule has 1 unspecified atom stereocenters. The Bertz CT molecular complexity index is 545. The molecule has 1 aromatic rings. The van der Waals surface area contributed by atoms with Crippen molar-refractivity contribution in [1.29, 1.82) is 0 Å². The van der Waals surface area contributed by atoms with E-state index in [4.69, 9.17) is 16.7 Å². The normalized spacial score (nSPS) is 20.1. The van der Waals surface area contributed by atoms with E-state index in [9.17, 15) is 4.79 Å². The number of nitrogens with zero attached hydrogens (tertiary/aromatic N) is 2. The third kappa shape index (κ3) is 3.99. The van der Waals surface area contributed by atoms with Crippen molar-refractivity contribution in [3.63, 3.8) is 0 Å². The van der Waals surface area contributed by atoms with E-state index in [0.29, 0.717) is 11.1 Å². The van der Waals surface area contributed by atoms with E-state index in [1.807, 2.05) is 12.1 Å². The Labute approximate surface area is 130 Å². The first kappa shape index (κ1) is 15.9. The number of piperazine rings is 1. The second-order valence-corrected chi connectivity index (χ2v) is 5.80. The fourth-order valence-corrected chi connectivity index (χ4v) is 2.86. The lowest BCUT2D eigenvalue weighted by molar-refractivity contribution is -0.131. The number of rotatable bonds is 4. The summed E-state index contributed by atoms with van der Waals surface area (Å²) in [6, 6.07) is 6.09. The van der Waals surface area contributed by atoms with Crippen LogP contribution in [0.15, 0.2) is 24.3 Å². The summed E-state index contributed by atoms with van der Waals surface area (Å²) >= 11 is 6.12. The fourth-order valence-electron chi connectivity index (χ4n) is 2.70. The third-order valence-corrected chi connectivity index (χ3v) is 4.22. The Hall–Kier alpha value is -1.52. The summed E-state index contributed by atoms with van der Waals surface area (Å²) in [6.45, 7) is 5.03. The monoisotopic (exact) mass is 308 g/mol. The molecule has 5 heteroatoms. The van der Waals surface area contributed by atoms with Gasteiger partial charge in [0, 0.05) is 42.5 Å². The molecule has 0 aromatic heterocycles. The number of benzene rings is 1. The predicted octanol–water partition coefficient (Wildman–Crippen LogP) is 2.97. The van der Waals surface area contributed by atoms with Crippen molar-refractivity contribution in [1.82, 2.24) is 4.90 Å². The summed E-state index contributed by atoms with van der Waals surface area (Å²) in [7, 11) is 2.15. The Morgan fingerprint density at radius 2 is 2.24 bits per heavy atom. The van der Waals surface area contributed by atoms with Crippen molar-refractivity contribution < 1.29 is 9.90 Å². The van der Waals surface area contributed by atoms with Crippen LogP contribution in [-0.2, 0) is 4.79 Å². The van der Waals surface area contributed by atoms with Crippen LogP contribution >= 0.6 is 11.6 Å². The van der Waals surface area contributed by atoms with Crippen LogP contribution in [0.4, 0.5) is 5.69 Å². The molecule has 1 aliphatic rings. The van der Waals surface area contributed by atoms with Gasteiger partial charge >= 0.3 is 5.97 Å². The smallest absolute Gasteiger partial charge is 0.328 e. The lowest BCUT2D eigenvalue weighted by Crippen LogP contribution is -2.51. The minimum atomic E-state index is -0.944. The highest BCUT2D eigenvalue weighted by molar-refractivity contribution is 6.31. The minimum absolute atomic E-state index is 0.508. The fraction of sp³-hybridized carbons (Fsp3) is 0.438. The van der Waals surface area contributed by atoms with Crippen molar-refractivity contribution in [3.8, 4) is 0 Å². The van der Waals surface area contributed by atoms with Crippen LogP contribution in [0.2, 0.25) is 5.02 Å². The topological polar surface area (TPSA) is 43.8 Å². The molecule has 2 rings (SSSR count). The van der Waals surface area contributed by atoms with E-state index in [0.717, 1.165) is 37.3 Å². The summed E-state index contributed by atoms with van der Waals surface area (Å²) in [6.07, 6.45) is 3.89. The maximum atomic E-state index is 10.7. The van der Waals surface area contributed by atoms with Crippen molar-refractivity contribution in [2.75, 3.05) is 31.6 Å². The van der Waals surface area contributed by atoms with Gasteiger partial charge in [-0.25, -0.2) is 4.79 Å². The standard InChI is InChI=1S/C16H21ClN2O2/c1-3-14-11-19(9-8-18(14)2)15-10-13(17)6-4-12(15)5-7-16(20)21/h4-7,10,14H,3,8-9,11H2,1-2H3,(H,20,21)/b7-5+. The summed E-state index contributed by atoms with van der Waals surface area (Å²) in [4.78, 5) is 15.4. The molecule has 1 fully saturated rings. The second-order valence-electron chi connectivity index (χ2n) is 5.36. The van der Waals surface area contributed by atoms with E-state index in [-0.39, 0.29) is 0 Å². The molecule has 1 N–H and O–H groups in total. The molecule has 1 aliphatic heterocycles. The molecule has 0 saturated carbocycles. The van der Waals surface area contributed by atoms with E-state index in [1.165, 1.54) is 6.08 Å². The van der Waals surface area contributed by atoms with Gasteiger partial charge in [-0.15, -0.1) is 0 Å². The van der Waals surface area contributed by atoms with Gasteiger partial charge in [0.25, 0.3) is 0 Å². The number of anilines is 1. The van der Waals surface area contributed by atoms with Crippen LogP contribution in [0.1, 0.15) is 18.9 Å². The SMILES string of the molecule is CCC1CN(c2cc(Cl)ccc2/C=C/C(=O)O)CCN1C. The highest BCUT2D eigenvalue weighted by atomic mass is 35.5. The molecule has 114 valence electrons. The quantitative estimate of drug-likeness (QED) is 0.869. The van der Waals surface area contributed by atoms with Crippen LogP contribution in [0.25, 0.3) is 6.08 Å². The summed E-state index contributed by atoms with van der Waals surface area (Å²) in [5, 5.41) is 9.48.